The van der Waals surface area contributed by atoms with Crippen LogP contribution in [0.2, 0.25) is 0 Å². The van der Waals surface area contributed by atoms with E-state index in [1.54, 1.807) is 37.3 Å². The number of para-hydroxylation sites is 1. The number of benzene rings is 2. The normalized spacial score (nSPS) is 11.3. The number of nitrogens with two attached hydrogens (primary N) is 1. The van der Waals surface area contributed by atoms with Gasteiger partial charge < -0.3 is 5.73 Å². The average molecular weight is 290 g/mol. The van der Waals surface area contributed by atoms with Crippen LogP contribution in [0.5, 0.6) is 0 Å². The summed E-state index contributed by atoms with van der Waals surface area (Å²) < 4.78 is 27.0. The molecule has 0 atom stereocenters. The highest BCUT2D eigenvalue weighted by molar-refractivity contribution is 7.92. The molecule has 0 bridgehead atoms. The molecule has 0 aromatic heterocycles. The monoisotopic (exact) mass is 290 g/mol. The number of sulfonamides is 1. The van der Waals surface area contributed by atoms with Gasteiger partial charge in [-0.05, 0) is 43.7 Å². The molecule has 2 aromatic rings. The number of hydrogen-bond donors (Lipinski definition) is 1. The van der Waals surface area contributed by atoms with Crippen molar-refractivity contribution in [3.8, 4) is 0 Å². The third-order valence-electron chi connectivity index (χ3n) is 3.23. The van der Waals surface area contributed by atoms with E-state index in [0.717, 1.165) is 0 Å². The van der Waals surface area contributed by atoms with Gasteiger partial charge in [-0.3, -0.25) is 4.31 Å². The molecule has 0 amide bonds. The zero-order valence-corrected chi connectivity index (χ0v) is 12.4. The summed E-state index contributed by atoms with van der Waals surface area (Å²) in [5.74, 6) is 0. The Morgan fingerprint density at radius 3 is 2.30 bits per heavy atom. The summed E-state index contributed by atoms with van der Waals surface area (Å²) in [6.07, 6.45) is 0. The van der Waals surface area contributed by atoms with Gasteiger partial charge in [-0.25, -0.2) is 8.42 Å². The number of nitrogen functional groups attached to an aromatic ring is 1. The lowest BCUT2D eigenvalue weighted by Crippen LogP contribution is -2.31. The van der Waals surface area contributed by atoms with Crippen LogP contribution in [-0.4, -0.2) is 15.0 Å². The smallest absolute Gasteiger partial charge is 0.264 e. The van der Waals surface area contributed by atoms with E-state index in [9.17, 15) is 8.42 Å². The fraction of sp³-hybridized carbons (Fsp3) is 0.200. The van der Waals surface area contributed by atoms with Crippen LogP contribution >= 0.6 is 0 Å². The summed E-state index contributed by atoms with van der Waals surface area (Å²) in [6, 6.07) is 14.0. The largest absolute Gasteiger partial charge is 0.398 e. The van der Waals surface area contributed by atoms with Crippen molar-refractivity contribution >= 4 is 21.4 Å². The van der Waals surface area contributed by atoms with Crippen molar-refractivity contribution in [3.05, 3.63) is 54.1 Å². The molecular weight excluding hydrogens is 272 g/mol. The van der Waals surface area contributed by atoms with Gasteiger partial charge in [0.15, 0.2) is 0 Å². The van der Waals surface area contributed by atoms with Crippen molar-refractivity contribution in [2.24, 2.45) is 0 Å². The van der Waals surface area contributed by atoms with E-state index in [1.165, 1.54) is 4.31 Å². The first-order chi connectivity index (χ1) is 9.48. The van der Waals surface area contributed by atoms with Crippen LogP contribution in [0.15, 0.2) is 53.4 Å². The molecule has 0 saturated carbocycles. The van der Waals surface area contributed by atoms with Crippen molar-refractivity contribution in [2.45, 2.75) is 18.7 Å². The summed E-state index contributed by atoms with van der Waals surface area (Å²) in [5.41, 5.74) is 7.53. The Kier molecular flexibility index (Phi) is 3.99. The second-order valence-electron chi connectivity index (χ2n) is 4.48. The van der Waals surface area contributed by atoms with Gasteiger partial charge in [0.05, 0.1) is 10.6 Å². The fourth-order valence-electron chi connectivity index (χ4n) is 2.12. The van der Waals surface area contributed by atoms with Crippen LogP contribution in [-0.2, 0) is 10.0 Å². The lowest BCUT2D eigenvalue weighted by Gasteiger charge is -2.24. The van der Waals surface area contributed by atoms with Crippen molar-refractivity contribution < 1.29 is 8.42 Å². The van der Waals surface area contributed by atoms with Crippen molar-refractivity contribution in [1.82, 2.24) is 0 Å². The van der Waals surface area contributed by atoms with E-state index in [4.69, 9.17) is 5.73 Å². The first kappa shape index (κ1) is 14.4. The Balaban J connectivity index is 2.56. The Labute approximate surface area is 119 Å². The lowest BCUT2D eigenvalue weighted by molar-refractivity contribution is 0.591. The Morgan fingerprint density at radius 2 is 1.70 bits per heavy atom. The van der Waals surface area contributed by atoms with Gasteiger partial charge >= 0.3 is 0 Å². The molecule has 0 aliphatic heterocycles. The van der Waals surface area contributed by atoms with E-state index in [-0.39, 0.29) is 4.90 Å². The van der Waals surface area contributed by atoms with Crippen LogP contribution in [0.1, 0.15) is 12.5 Å². The zero-order chi connectivity index (χ0) is 14.8. The quantitative estimate of drug-likeness (QED) is 0.881. The molecule has 0 spiro atoms. The minimum atomic E-state index is -3.60. The van der Waals surface area contributed by atoms with Gasteiger partial charge in [0.2, 0.25) is 0 Å². The minimum absolute atomic E-state index is 0.253. The second kappa shape index (κ2) is 5.54. The van der Waals surface area contributed by atoms with E-state index < -0.39 is 10.0 Å². The van der Waals surface area contributed by atoms with Gasteiger partial charge in [0, 0.05) is 12.2 Å². The summed E-state index contributed by atoms with van der Waals surface area (Å²) in [6.45, 7) is 3.90. The molecule has 4 nitrogen and oxygen atoms in total. The van der Waals surface area contributed by atoms with Gasteiger partial charge in [-0.2, -0.15) is 0 Å². The summed E-state index contributed by atoms with van der Waals surface area (Å²) in [4.78, 5) is 0.253. The van der Waals surface area contributed by atoms with Gasteiger partial charge in [-0.1, -0.05) is 24.3 Å². The van der Waals surface area contributed by atoms with Crippen LogP contribution in [0.25, 0.3) is 0 Å². The van der Waals surface area contributed by atoms with E-state index >= 15 is 0 Å². The van der Waals surface area contributed by atoms with Gasteiger partial charge in [0.25, 0.3) is 10.0 Å². The molecule has 0 radical (unpaired) electrons. The average Bonchev–Trinajstić information content (AvgIpc) is 2.43. The molecular formula is C15H18N2O2S. The molecule has 0 heterocycles. The second-order valence-corrected chi connectivity index (χ2v) is 6.31. The molecule has 20 heavy (non-hydrogen) atoms. The highest BCUT2D eigenvalue weighted by Gasteiger charge is 2.25. The third-order valence-corrected chi connectivity index (χ3v) is 5.27. The van der Waals surface area contributed by atoms with Crippen LogP contribution in [0.4, 0.5) is 11.4 Å². The van der Waals surface area contributed by atoms with Crippen LogP contribution in [0.3, 0.4) is 0 Å². The zero-order valence-electron chi connectivity index (χ0n) is 11.6. The number of anilines is 2. The van der Waals surface area contributed by atoms with Crippen LogP contribution < -0.4 is 10.0 Å². The SMILES string of the molecule is CCN(c1ccccc1)S(=O)(=O)c1cccc(N)c1C. The Bertz CT molecular complexity index is 697. The van der Waals surface area contributed by atoms with E-state index in [0.29, 0.717) is 23.5 Å². The molecule has 0 fully saturated rings. The molecule has 106 valence electrons. The van der Waals surface area contributed by atoms with Gasteiger partial charge in [0.1, 0.15) is 0 Å². The fourth-order valence-corrected chi connectivity index (χ4v) is 3.85. The molecule has 2 aromatic carbocycles. The number of nitrogens with zero attached hydrogens (tertiary/aromatic N) is 1. The van der Waals surface area contributed by atoms with E-state index in [2.05, 4.69) is 0 Å². The standard InChI is InChI=1S/C15H18N2O2S/c1-3-17(13-8-5-4-6-9-13)20(18,19)15-11-7-10-14(16)12(15)2/h4-11H,3,16H2,1-2H3. The Morgan fingerprint density at radius 1 is 1.05 bits per heavy atom. The predicted octanol–water partition coefficient (Wildman–Crippen LogP) is 2.79. The lowest BCUT2D eigenvalue weighted by atomic mass is 10.2. The molecule has 2 rings (SSSR count). The van der Waals surface area contributed by atoms with E-state index in [1.807, 2.05) is 25.1 Å². The van der Waals surface area contributed by atoms with Gasteiger partial charge in [-0.15, -0.1) is 0 Å². The van der Waals surface area contributed by atoms with Crippen molar-refractivity contribution in [2.75, 3.05) is 16.6 Å². The first-order valence-electron chi connectivity index (χ1n) is 6.41. The van der Waals surface area contributed by atoms with Crippen molar-refractivity contribution in [3.63, 3.8) is 0 Å². The molecule has 0 unspecified atom stereocenters. The molecule has 0 aliphatic carbocycles. The summed E-state index contributed by atoms with van der Waals surface area (Å²) >= 11 is 0. The molecule has 2 N–H and O–H groups in total. The maximum atomic E-state index is 12.8. The predicted molar refractivity (Wildman–Crippen MR) is 82.2 cm³/mol. The molecule has 0 saturated heterocycles. The van der Waals surface area contributed by atoms with Crippen LogP contribution in [0, 0.1) is 6.92 Å². The Hall–Kier alpha value is -2.01. The molecule has 0 aliphatic rings. The molecule has 5 heteroatoms. The first-order valence-corrected chi connectivity index (χ1v) is 7.85. The number of rotatable bonds is 4. The van der Waals surface area contributed by atoms with Crippen molar-refractivity contribution in [1.29, 1.82) is 0 Å². The maximum absolute atomic E-state index is 12.8. The number of hydrogen-bond acceptors (Lipinski definition) is 3. The summed E-state index contributed by atoms with van der Waals surface area (Å²) in [7, 11) is -3.60. The summed E-state index contributed by atoms with van der Waals surface area (Å²) in [5, 5.41) is 0. The highest BCUT2D eigenvalue weighted by Crippen LogP contribution is 2.27. The topological polar surface area (TPSA) is 63.4 Å². The highest BCUT2D eigenvalue weighted by atomic mass is 32.2. The maximum Gasteiger partial charge on any atom is 0.264 e. The minimum Gasteiger partial charge on any atom is -0.398 e. The third kappa shape index (κ3) is 2.49.